The highest BCUT2D eigenvalue weighted by molar-refractivity contribution is 7.25. The lowest BCUT2D eigenvalue weighted by Crippen LogP contribution is -2.10. The number of aromatic nitrogens is 1. The summed E-state index contributed by atoms with van der Waals surface area (Å²) in [4.78, 5) is 2.39. The first-order valence-corrected chi connectivity index (χ1v) is 19.6. The molecule has 2 aromatic heterocycles. The largest absolute Gasteiger partial charge is 0.310 e. The van der Waals surface area contributed by atoms with Crippen molar-refractivity contribution in [2.45, 2.75) is 0 Å². The third-order valence-corrected chi connectivity index (χ3v) is 12.1. The molecule has 0 atom stereocenters. The van der Waals surface area contributed by atoms with Crippen molar-refractivity contribution >= 4 is 81.1 Å². The molecule has 9 aromatic carbocycles. The van der Waals surface area contributed by atoms with Gasteiger partial charge in [-0.1, -0.05) is 127 Å². The summed E-state index contributed by atoms with van der Waals surface area (Å²) < 4.78 is 5.02. The Hall–Kier alpha value is -6.94. The van der Waals surface area contributed by atoms with Crippen LogP contribution in [0.3, 0.4) is 0 Å². The van der Waals surface area contributed by atoms with E-state index in [0.29, 0.717) is 0 Å². The molecule has 0 radical (unpaired) electrons. The average Bonchev–Trinajstić information content (AvgIpc) is 3.80. The zero-order valence-corrected chi connectivity index (χ0v) is 30.7. The quantitative estimate of drug-likeness (QED) is 0.166. The van der Waals surface area contributed by atoms with Crippen LogP contribution in [0.25, 0.3) is 80.7 Å². The molecule has 11 aromatic rings. The molecular formula is C52H34N2S. The van der Waals surface area contributed by atoms with E-state index in [1.807, 2.05) is 11.3 Å². The SMILES string of the molecule is c1ccc(-c2cccc(N(c3ccc(-c4ccc5c(c4)c4c6ccccc6ccc4n5-c4ccccc4)cc3)c3ccc4sc5ccccc5c4c3)c2)cc1. The summed E-state index contributed by atoms with van der Waals surface area (Å²) in [5.74, 6) is 0. The molecule has 0 aliphatic heterocycles. The summed E-state index contributed by atoms with van der Waals surface area (Å²) in [7, 11) is 0. The fourth-order valence-corrected chi connectivity index (χ4v) is 9.47. The molecular weight excluding hydrogens is 685 g/mol. The lowest BCUT2D eigenvalue weighted by molar-refractivity contribution is 1.18. The van der Waals surface area contributed by atoms with E-state index in [-0.39, 0.29) is 0 Å². The van der Waals surface area contributed by atoms with Crippen molar-refractivity contribution in [1.29, 1.82) is 0 Å². The third-order valence-electron chi connectivity index (χ3n) is 11.0. The second-order valence-corrected chi connectivity index (χ2v) is 15.2. The molecule has 11 rings (SSSR count). The number of anilines is 3. The zero-order valence-electron chi connectivity index (χ0n) is 29.9. The number of hydrogen-bond donors (Lipinski definition) is 0. The van der Waals surface area contributed by atoms with E-state index in [9.17, 15) is 0 Å². The predicted molar refractivity (Wildman–Crippen MR) is 237 cm³/mol. The standard InChI is InChI=1S/C52H34N2S/c1-3-12-35(13-4-1)38-15-11-18-42(32-38)53(43-28-31-51-46(34-43)45-20-9-10-21-50(45)55-51)41-26-22-36(23-27-41)39-25-29-48-47(33-39)52-44-19-8-7-14-37(44)24-30-49(52)54(48)40-16-5-2-6-17-40/h1-34H. The van der Waals surface area contributed by atoms with Crippen LogP contribution in [0.4, 0.5) is 17.1 Å². The highest BCUT2D eigenvalue weighted by atomic mass is 32.1. The molecule has 0 aliphatic carbocycles. The van der Waals surface area contributed by atoms with E-state index in [1.54, 1.807) is 0 Å². The maximum absolute atomic E-state index is 2.40. The molecule has 0 unspecified atom stereocenters. The second-order valence-electron chi connectivity index (χ2n) is 14.2. The molecule has 0 bridgehead atoms. The molecule has 0 saturated carbocycles. The van der Waals surface area contributed by atoms with Crippen molar-refractivity contribution in [1.82, 2.24) is 4.57 Å². The van der Waals surface area contributed by atoms with Crippen molar-refractivity contribution in [3.8, 4) is 27.9 Å². The first-order valence-electron chi connectivity index (χ1n) is 18.8. The zero-order chi connectivity index (χ0) is 36.3. The summed E-state index contributed by atoms with van der Waals surface area (Å²) >= 11 is 1.85. The number of hydrogen-bond acceptors (Lipinski definition) is 2. The lowest BCUT2D eigenvalue weighted by Gasteiger charge is -2.26. The van der Waals surface area contributed by atoms with Crippen molar-refractivity contribution < 1.29 is 0 Å². The van der Waals surface area contributed by atoms with Gasteiger partial charge in [0.2, 0.25) is 0 Å². The molecule has 0 spiro atoms. The van der Waals surface area contributed by atoms with Gasteiger partial charge in [0.05, 0.1) is 11.0 Å². The maximum Gasteiger partial charge on any atom is 0.0547 e. The van der Waals surface area contributed by atoms with E-state index < -0.39 is 0 Å². The summed E-state index contributed by atoms with van der Waals surface area (Å²) in [6.45, 7) is 0. The van der Waals surface area contributed by atoms with Gasteiger partial charge in [0, 0.05) is 53.7 Å². The van der Waals surface area contributed by atoms with Crippen LogP contribution in [0.1, 0.15) is 0 Å². The fraction of sp³-hybridized carbons (Fsp3) is 0. The molecule has 2 nitrogen and oxygen atoms in total. The molecule has 55 heavy (non-hydrogen) atoms. The minimum Gasteiger partial charge on any atom is -0.310 e. The van der Waals surface area contributed by atoms with Gasteiger partial charge in [0.1, 0.15) is 0 Å². The van der Waals surface area contributed by atoms with Gasteiger partial charge in [-0.05, 0) is 112 Å². The van der Waals surface area contributed by atoms with Gasteiger partial charge in [-0.3, -0.25) is 0 Å². The minimum absolute atomic E-state index is 1.11. The van der Waals surface area contributed by atoms with Gasteiger partial charge in [0.15, 0.2) is 0 Å². The topological polar surface area (TPSA) is 8.17 Å². The van der Waals surface area contributed by atoms with Crippen molar-refractivity contribution in [2.75, 3.05) is 4.90 Å². The van der Waals surface area contributed by atoms with Crippen LogP contribution in [-0.4, -0.2) is 4.57 Å². The van der Waals surface area contributed by atoms with Crippen LogP contribution in [0.15, 0.2) is 206 Å². The van der Waals surface area contributed by atoms with Gasteiger partial charge in [0.25, 0.3) is 0 Å². The first-order chi connectivity index (χ1) is 27.3. The van der Waals surface area contributed by atoms with Crippen LogP contribution in [0, 0.1) is 0 Å². The van der Waals surface area contributed by atoms with Crippen LogP contribution < -0.4 is 4.90 Å². The monoisotopic (exact) mass is 718 g/mol. The van der Waals surface area contributed by atoms with E-state index in [4.69, 9.17) is 0 Å². The van der Waals surface area contributed by atoms with E-state index in [1.165, 1.54) is 80.7 Å². The van der Waals surface area contributed by atoms with E-state index >= 15 is 0 Å². The van der Waals surface area contributed by atoms with Crippen LogP contribution in [-0.2, 0) is 0 Å². The molecule has 2 heterocycles. The fourth-order valence-electron chi connectivity index (χ4n) is 8.38. The van der Waals surface area contributed by atoms with Crippen molar-refractivity contribution in [3.05, 3.63) is 206 Å². The molecule has 0 fully saturated rings. The molecule has 0 N–H and O–H groups in total. The van der Waals surface area contributed by atoms with Gasteiger partial charge in [-0.15, -0.1) is 11.3 Å². The van der Waals surface area contributed by atoms with Gasteiger partial charge in [-0.2, -0.15) is 0 Å². The van der Waals surface area contributed by atoms with Crippen molar-refractivity contribution in [2.24, 2.45) is 0 Å². The Morgan fingerprint density at radius 3 is 1.82 bits per heavy atom. The van der Waals surface area contributed by atoms with E-state index in [0.717, 1.165) is 17.1 Å². The van der Waals surface area contributed by atoms with Gasteiger partial charge in [-0.25, -0.2) is 0 Å². The van der Waals surface area contributed by atoms with Gasteiger partial charge >= 0.3 is 0 Å². The molecule has 0 saturated heterocycles. The number of para-hydroxylation sites is 1. The first kappa shape index (κ1) is 31.6. The number of benzene rings is 9. The summed E-state index contributed by atoms with van der Waals surface area (Å²) in [5.41, 5.74) is 11.7. The van der Waals surface area contributed by atoms with Crippen LogP contribution in [0.5, 0.6) is 0 Å². The van der Waals surface area contributed by atoms with Crippen LogP contribution in [0.2, 0.25) is 0 Å². The highest BCUT2D eigenvalue weighted by Gasteiger charge is 2.18. The number of nitrogens with zero attached hydrogens (tertiary/aromatic N) is 2. The number of thiophene rings is 1. The summed E-state index contributed by atoms with van der Waals surface area (Å²) in [6.07, 6.45) is 0. The predicted octanol–water partition coefficient (Wildman–Crippen LogP) is 15.1. The summed E-state index contributed by atoms with van der Waals surface area (Å²) in [6, 6.07) is 75.2. The Labute approximate surface area is 323 Å². The highest BCUT2D eigenvalue weighted by Crippen LogP contribution is 2.43. The smallest absolute Gasteiger partial charge is 0.0547 e. The molecule has 0 aliphatic rings. The second kappa shape index (κ2) is 12.9. The minimum atomic E-state index is 1.11. The third kappa shape index (κ3) is 5.32. The molecule has 258 valence electrons. The average molecular weight is 719 g/mol. The Morgan fingerprint density at radius 2 is 0.964 bits per heavy atom. The number of fused-ring (bicyclic) bond motifs is 8. The molecule has 0 amide bonds. The molecule has 3 heteroatoms. The Balaban J connectivity index is 1.06. The van der Waals surface area contributed by atoms with E-state index in [2.05, 4.69) is 216 Å². The van der Waals surface area contributed by atoms with Crippen molar-refractivity contribution in [3.63, 3.8) is 0 Å². The van der Waals surface area contributed by atoms with Crippen LogP contribution >= 0.6 is 11.3 Å². The van der Waals surface area contributed by atoms with Gasteiger partial charge < -0.3 is 9.47 Å². The summed E-state index contributed by atoms with van der Waals surface area (Å²) in [5, 5.41) is 7.66. The maximum atomic E-state index is 2.40. The Morgan fingerprint density at radius 1 is 0.345 bits per heavy atom. The Kier molecular flexibility index (Phi) is 7.39. The Bertz CT molecular complexity index is 3190. The lowest BCUT2D eigenvalue weighted by atomic mass is 9.99. The normalized spacial score (nSPS) is 11.6. The number of rotatable bonds is 6.